The molecule has 0 aliphatic carbocycles. The van der Waals surface area contributed by atoms with Crippen molar-refractivity contribution in [3.63, 3.8) is 0 Å². The first-order valence-corrected chi connectivity index (χ1v) is 8.07. The number of hydrogen-bond donors (Lipinski definition) is 0. The fraction of sp³-hybridized carbons (Fsp3) is 0.0909. The topological polar surface area (TPSA) is 0 Å². The van der Waals surface area contributed by atoms with Gasteiger partial charge in [0.25, 0.3) is 0 Å². The molecule has 0 saturated carbocycles. The summed E-state index contributed by atoms with van der Waals surface area (Å²) >= 11 is 10.8. The average molecular weight is 476 g/mol. The molecule has 0 aliphatic rings. The Balaban J connectivity index is 2.33. The van der Waals surface area contributed by atoms with E-state index in [1.54, 1.807) is 23.5 Å². The quantitative estimate of drug-likeness (QED) is 0.384. The maximum absolute atomic E-state index is 13.1. The first kappa shape index (κ1) is 13.0. The third kappa shape index (κ3) is 2.86. The van der Waals surface area contributed by atoms with Crippen molar-refractivity contribution in [2.45, 2.75) is 4.83 Å². The zero-order chi connectivity index (χ0) is 11.7. The fourth-order valence-electron chi connectivity index (χ4n) is 1.32. The van der Waals surface area contributed by atoms with Gasteiger partial charge in [0, 0.05) is 0 Å². The largest absolute Gasteiger partial charge is 0.206 e. The second-order valence-electron chi connectivity index (χ2n) is 3.22. The summed E-state index contributed by atoms with van der Waals surface area (Å²) in [5, 5.41) is 2.11. The molecule has 16 heavy (non-hydrogen) atoms. The summed E-state index contributed by atoms with van der Waals surface area (Å²) in [4.78, 5) is 0.115. The lowest BCUT2D eigenvalue weighted by molar-refractivity contribution is 0.620. The average Bonchev–Trinajstić information content (AvgIpc) is 2.68. The van der Waals surface area contributed by atoms with Crippen LogP contribution in [0.15, 0.2) is 34.1 Å². The maximum atomic E-state index is 13.1. The number of alkyl halides is 1. The highest BCUT2D eigenvalue weighted by atomic mass is 127. The predicted molar refractivity (Wildman–Crippen MR) is 81.9 cm³/mol. The molecule has 1 unspecified atom stereocenters. The smallest absolute Gasteiger partial charge is 0.137 e. The molecule has 0 saturated heterocycles. The van der Waals surface area contributed by atoms with Gasteiger partial charge in [0.15, 0.2) is 0 Å². The van der Waals surface area contributed by atoms with Gasteiger partial charge in [-0.2, -0.15) is 0 Å². The second-order valence-corrected chi connectivity index (χ2v) is 7.80. The minimum atomic E-state index is -0.233. The SMILES string of the molecule is Fc1ccc(C(Br)c2csc(I)c2)cc1Br. The summed E-state index contributed by atoms with van der Waals surface area (Å²) in [6, 6.07) is 7.20. The van der Waals surface area contributed by atoms with Gasteiger partial charge >= 0.3 is 0 Å². The number of benzene rings is 1. The molecule has 5 heteroatoms. The van der Waals surface area contributed by atoms with Crippen molar-refractivity contribution in [2.75, 3.05) is 0 Å². The Labute approximate surface area is 128 Å². The summed E-state index contributed by atoms with van der Waals surface area (Å²) in [6.45, 7) is 0. The van der Waals surface area contributed by atoms with Gasteiger partial charge < -0.3 is 0 Å². The van der Waals surface area contributed by atoms with Crippen molar-refractivity contribution in [2.24, 2.45) is 0 Å². The molecule has 0 spiro atoms. The van der Waals surface area contributed by atoms with Gasteiger partial charge in [-0.05, 0) is 73.2 Å². The Morgan fingerprint density at radius 3 is 2.56 bits per heavy atom. The van der Waals surface area contributed by atoms with E-state index in [9.17, 15) is 4.39 Å². The van der Waals surface area contributed by atoms with Gasteiger partial charge in [-0.25, -0.2) is 4.39 Å². The van der Waals surface area contributed by atoms with Crippen LogP contribution in [0.2, 0.25) is 0 Å². The molecule has 0 nitrogen and oxygen atoms in total. The number of halogens is 4. The summed E-state index contributed by atoms with van der Waals surface area (Å²) in [7, 11) is 0. The Morgan fingerprint density at radius 2 is 2.00 bits per heavy atom. The van der Waals surface area contributed by atoms with Crippen LogP contribution in [0.3, 0.4) is 0 Å². The highest BCUT2D eigenvalue weighted by molar-refractivity contribution is 14.1. The van der Waals surface area contributed by atoms with Crippen LogP contribution in [0.5, 0.6) is 0 Å². The van der Waals surface area contributed by atoms with Crippen LogP contribution in [0.25, 0.3) is 0 Å². The number of hydrogen-bond acceptors (Lipinski definition) is 1. The van der Waals surface area contributed by atoms with E-state index in [0.717, 1.165) is 5.56 Å². The molecule has 0 N–H and O–H groups in total. The van der Waals surface area contributed by atoms with Gasteiger partial charge in [-0.3, -0.25) is 0 Å². The van der Waals surface area contributed by atoms with Crippen molar-refractivity contribution < 1.29 is 4.39 Å². The van der Waals surface area contributed by atoms with Gasteiger partial charge in [0.2, 0.25) is 0 Å². The molecule has 1 aromatic heterocycles. The highest BCUT2D eigenvalue weighted by Gasteiger charge is 2.13. The van der Waals surface area contributed by atoms with Crippen LogP contribution in [-0.2, 0) is 0 Å². The van der Waals surface area contributed by atoms with Crippen LogP contribution >= 0.6 is 65.8 Å². The Bertz CT molecular complexity index is 512. The first-order valence-electron chi connectivity index (χ1n) is 4.41. The highest BCUT2D eigenvalue weighted by Crippen LogP contribution is 2.35. The molecule has 2 rings (SSSR count). The Kier molecular flexibility index (Phi) is 4.43. The van der Waals surface area contributed by atoms with Crippen molar-refractivity contribution >= 4 is 65.8 Å². The van der Waals surface area contributed by atoms with E-state index < -0.39 is 0 Å². The van der Waals surface area contributed by atoms with E-state index in [2.05, 4.69) is 65.9 Å². The molecule has 1 aromatic carbocycles. The molecule has 1 atom stereocenters. The first-order chi connectivity index (χ1) is 7.58. The molecule has 84 valence electrons. The Hall–Kier alpha value is 0.540. The molecule has 0 amide bonds. The lowest BCUT2D eigenvalue weighted by Gasteiger charge is -2.09. The standard InChI is InChI=1S/C11H6Br2FIS/c12-8-3-6(1-2-9(8)14)11(13)7-4-10(15)16-5-7/h1-5,11H. The van der Waals surface area contributed by atoms with E-state index in [1.165, 1.54) is 14.5 Å². The molecule has 0 radical (unpaired) electrons. The lowest BCUT2D eigenvalue weighted by Crippen LogP contribution is -1.91. The molecule has 1 heterocycles. The Morgan fingerprint density at radius 1 is 1.25 bits per heavy atom. The predicted octanol–water partition coefficient (Wildman–Crippen LogP) is 5.74. The number of rotatable bonds is 2. The van der Waals surface area contributed by atoms with Crippen molar-refractivity contribution in [1.82, 2.24) is 0 Å². The van der Waals surface area contributed by atoms with Gasteiger partial charge in [0.1, 0.15) is 5.82 Å². The summed E-state index contributed by atoms with van der Waals surface area (Å²) < 4.78 is 14.9. The van der Waals surface area contributed by atoms with Crippen LogP contribution < -0.4 is 0 Å². The van der Waals surface area contributed by atoms with E-state index in [1.807, 2.05) is 0 Å². The second kappa shape index (κ2) is 5.46. The molecule has 0 bridgehead atoms. The van der Waals surface area contributed by atoms with Gasteiger partial charge in [0.05, 0.1) is 12.2 Å². The lowest BCUT2D eigenvalue weighted by atomic mass is 10.1. The molecule has 0 aliphatic heterocycles. The van der Waals surface area contributed by atoms with E-state index in [0.29, 0.717) is 4.47 Å². The van der Waals surface area contributed by atoms with E-state index in [4.69, 9.17) is 0 Å². The van der Waals surface area contributed by atoms with Crippen molar-refractivity contribution in [3.8, 4) is 0 Å². The van der Waals surface area contributed by atoms with E-state index >= 15 is 0 Å². The number of thiophene rings is 1. The molecule has 0 fully saturated rings. The molecular formula is C11H6Br2FIS. The third-order valence-electron chi connectivity index (χ3n) is 2.12. The van der Waals surface area contributed by atoms with Crippen LogP contribution in [-0.4, -0.2) is 0 Å². The minimum Gasteiger partial charge on any atom is -0.206 e. The maximum Gasteiger partial charge on any atom is 0.137 e. The fourth-order valence-corrected chi connectivity index (χ4v) is 3.84. The minimum absolute atomic E-state index is 0.115. The van der Waals surface area contributed by atoms with E-state index in [-0.39, 0.29) is 10.6 Å². The van der Waals surface area contributed by atoms with Gasteiger partial charge in [-0.15, -0.1) is 11.3 Å². The van der Waals surface area contributed by atoms with Crippen molar-refractivity contribution in [3.05, 3.63) is 53.9 Å². The van der Waals surface area contributed by atoms with Crippen molar-refractivity contribution in [1.29, 1.82) is 0 Å². The summed E-state index contributed by atoms with van der Waals surface area (Å²) in [6.07, 6.45) is 0. The zero-order valence-corrected chi connectivity index (χ0v) is 14.0. The zero-order valence-electron chi connectivity index (χ0n) is 7.88. The monoisotopic (exact) mass is 474 g/mol. The van der Waals surface area contributed by atoms with Crippen LogP contribution in [0.1, 0.15) is 16.0 Å². The van der Waals surface area contributed by atoms with Gasteiger partial charge in [-0.1, -0.05) is 22.0 Å². The normalized spacial score (nSPS) is 12.8. The molecule has 2 aromatic rings. The molecular weight excluding hydrogens is 470 g/mol. The summed E-state index contributed by atoms with van der Waals surface area (Å²) in [5.74, 6) is -0.233. The van der Waals surface area contributed by atoms with Crippen LogP contribution in [0.4, 0.5) is 4.39 Å². The third-order valence-corrected chi connectivity index (χ3v) is 5.59. The summed E-state index contributed by atoms with van der Waals surface area (Å²) in [5.41, 5.74) is 2.25. The van der Waals surface area contributed by atoms with Crippen LogP contribution in [0, 0.1) is 8.70 Å².